The Balaban J connectivity index is 1.69. The lowest BCUT2D eigenvalue weighted by Gasteiger charge is -2.31. The van der Waals surface area contributed by atoms with Crippen LogP contribution >= 0.6 is 11.3 Å². The number of aromatic nitrogens is 4. The highest BCUT2D eigenvalue weighted by molar-refractivity contribution is 7.26. The van der Waals surface area contributed by atoms with Gasteiger partial charge in [0.2, 0.25) is 5.95 Å². The Hall–Kier alpha value is -3.58. The van der Waals surface area contributed by atoms with Gasteiger partial charge in [0.05, 0.1) is 10.2 Å². The van der Waals surface area contributed by atoms with E-state index in [0.717, 1.165) is 73.6 Å². The third kappa shape index (κ3) is 3.90. The number of benzene rings is 2. The van der Waals surface area contributed by atoms with Crippen LogP contribution < -0.4 is 9.80 Å². The van der Waals surface area contributed by atoms with Gasteiger partial charge in [-0.1, -0.05) is 67.6 Å². The average Bonchev–Trinajstić information content (AvgIpc) is 3.28. The molecule has 0 aliphatic carbocycles. The van der Waals surface area contributed by atoms with Gasteiger partial charge < -0.3 is 9.80 Å². The molecule has 4 heterocycles. The van der Waals surface area contributed by atoms with E-state index in [2.05, 4.69) is 48.2 Å². The van der Waals surface area contributed by atoms with Crippen LogP contribution in [0.15, 0.2) is 60.7 Å². The lowest BCUT2D eigenvalue weighted by Crippen LogP contribution is -2.33. The van der Waals surface area contributed by atoms with E-state index < -0.39 is 0 Å². The summed E-state index contributed by atoms with van der Waals surface area (Å²) >= 11 is 1.66. The third-order valence-corrected chi connectivity index (χ3v) is 7.86. The van der Waals surface area contributed by atoms with Gasteiger partial charge in [-0.3, -0.25) is 0 Å². The molecule has 0 saturated carbocycles. The number of nitrogens with zero attached hydrogens (tertiary/aromatic N) is 6. The van der Waals surface area contributed by atoms with Gasteiger partial charge in [-0.2, -0.15) is 4.98 Å². The van der Waals surface area contributed by atoms with Crippen molar-refractivity contribution in [2.45, 2.75) is 19.8 Å². The number of hydrogen-bond donors (Lipinski definition) is 0. The highest BCUT2D eigenvalue weighted by atomic mass is 32.1. The van der Waals surface area contributed by atoms with Crippen molar-refractivity contribution in [1.82, 2.24) is 20.2 Å². The predicted molar refractivity (Wildman–Crippen MR) is 146 cm³/mol. The first-order valence-corrected chi connectivity index (χ1v) is 13.0. The van der Waals surface area contributed by atoms with E-state index in [0.29, 0.717) is 0 Å². The quantitative estimate of drug-likeness (QED) is 0.302. The molecule has 0 atom stereocenters. The Morgan fingerprint density at radius 2 is 1.51 bits per heavy atom. The molecule has 0 spiro atoms. The predicted octanol–water partition coefficient (Wildman–Crippen LogP) is 6.27. The smallest absolute Gasteiger partial charge is 0.227 e. The highest BCUT2D eigenvalue weighted by Crippen LogP contribution is 2.45. The van der Waals surface area contributed by atoms with Gasteiger partial charge in [-0.15, -0.1) is 21.5 Å². The lowest BCUT2D eigenvalue weighted by atomic mass is 9.97. The fourth-order valence-corrected chi connectivity index (χ4v) is 5.90. The van der Waals surface area contributed by atoms with Crippen LogP contribution in [0, 0.1) is 5.92 Å². The standard InChI is InChI=1S/C28H28N6S/c1-18-14-16-34(17-15-18)26-25-24(29-28(30-26)33(2)3)22-21(19-10-6-4-7-11-19)23(31-32-27(22)35-25)20-12-8-5-9-13-20/h4-13,18H,14-17H2,1-3H3. The highest BCUT2D eigenvalue weighted by Gasteiger charge is 2.26. The maximum atomic E-state index is 5.09. The molecular weight excluding hydrogens is 452 g/mol. The largest absolute Gasteiger partial charge is 0.355 e. The maximum absolute atomic E-state index is 5.09. The van der Waals surface area contributed by atoms with Crippen LogP contribution in [0.5, 0.6) is 0 Å². The first kappa shape index (κ1) is 21.9. The van der Waals surface area contributed by atoms with Crippen molar-refractivity contribution in [3.63, 3.8) is 0 Å². The number of anilines is 2. The van der Waals surface area contributed by atoms with Crippen LogP contribution in [0.3, 0.4) is 0 Å². The van der Waals surface area contributed by atoms with Crippen molar-refractivity contribution >= 4 is 43.5 Å². The number of rotatable bonds is 4. The zero-order valence-electron chi connectivity index (χ0n) is 20.3. The summed E-state index contributed by atoms with van der Waals surface area (Å²) in [5.74, 6) is 2.50. The molecule has 1 fully saturated rings. The van der Waals surface area contributed by atoms with Crippen LogP contribution in [0.25, 0.3) is 42.8 Å². The summed E-state index contributed by atoms with van der Waals surface area (Å²) in [6.07, 6.45) is 2.36. The van der Waals surface area contributed by atoms with Crippen molar-refractivity contribution in [3.8, 4) is 22.4 Å². The molecule has 1 aliphatic heterocycles. The van der Waals surface area contributed by atoms with Crippen molar-refractivity contribution in [2.75, 3.05) is 37.0 Å². The molecule has 176 valence electrons. The van der Waals surface area contributed by atoms with Crippen LogP contribution in [-0.2, 0) is 0 Å². The zero-order valence-corrected chi connectivity index (χ0v) is 21.1. The van der Waals surface area contributed by atoms with E-state index in [4.69, 9.17) is 20.2 Å². The van der Waals surface area contributed by atoms with E-state index >= 15 is 0 Å². The van der Waals surface area contributed by atoms with Crippen molar-refractivity contribution < 1.29 is 0 Å². The number of piperidine rings is 1. The SMILES string of the molecule is CC1CCN(c2nc(N(C)C)nc3c2sc2nnc(-c4ccccc4)c(-c4ccccc4)c23)CC1. The van der Waals surface area contributed by atoms with Crippen molar-refractivity contribution in [2.24, 2.45) is 5.92 Å². The van der Waals surface area contributed by atoms with Gasteiger partial charge in [0.25, 0.3) is 0 Å². The summed E-state index contributed by atoms with van der Waals surface area (Å²) < 4.78 is 1.09. The Kier molecular flexibility index (Phi) is 5.57. The van der Waals surface area contributed by atoms with Crippen molar-refractivity contribution in [1.29, 1.82) is 0 Å². The Morgan fingerprint density at radius 3 is 2.17 bits per heavy atom. The van der Waals surface area contributed by atoms with E-state index in [1.165, 1.54) is 12.8 Å². The fourth-order valence-electron chi connectivity index (χ4n) is 4.82. The molecule has 0 radical (unpaired) electrons. The topological polar surface area (TPSA) is 58.0 Å². The summed E-state index contributed by atoms with van der Waals surface area (Å²) in [4.78, 5) is 15.4. The van der Waals surface area contributed by atoms with Gasteiger partial charge in [-0.05, 0) is 24.3 Å². The summed E-state index contributed by atoms with van der Waals surface area (Å²) in [6, 6.07) is 20.8. The molecule has 1 saturated heterocycles. The van der Waals surface area contributed by atoms with Gasteiger partial charge >= 0.3 is 0 Å². The normalized spacial score (nSPS) is 14.7. The van der Waals surface area contributed by atoms with Gasteiger partial charge in [-0.25, -0.2) is 4.98 Å². The summed E-state index contributed by atoms with van der Waals surface area (Å²) in [6.45, 7) is 4.37. The lowest BCUT2D eigenvalue weighted by molar-refractivity contribution is 0.437. The first-order valence-electron chi connectivity index (χ1n) is 12.1. The van der Waals surface area contributed by atoms with Crippen LogP contribution in [-0.4, -0.2) is 47.4 Å². The molecule has 6 rings (SSSR count). The second-order valence-corrected chi connectivity index (χ2v) is 10.5. The van der Waals surface area contributed by atoms with Crippen molar-refractivity contribution in [3.05, 3.63) is 60.7 Å². The number of fused-ring (bicyclic) bond motifs is 3. The molecule has 1 aliphatic rings. The van der Waals surface area contributed by atoms with Crippen LogP contribution in [0.2, 0.25) is 0 Å². The van der Waals surface area contributed by atoms with Gasteiger partial charge in [0, 0.05) is 43.7 Å². The van der Waals surface area contributed by atoms with E-state index in [-0.39, 0.29) is 0 Å². The number of thiophene rings is 1. The molecule has 0 bridgehead atoms. The summed E-state index contributed by atoms with van der Waals surface area (Å²) in [5.41, 5.74) is 5.08. The van der Waals surface area contributed by atoms with Crippen LogP contribution in [0.4, 0.5) is 11.8 Å². The van der Waals surface area contributed by atoms with E-state index in [1.807, 2.05) is 43.3 Å². The molecule has 3 aromatic heterocycles. The minimum atomic E-state index is 0.725. The fraction of sp³-hybridized carbons (Fsp3) is 0.286. The molecule has 2 aromatic carbocycles. The maximum Gasteiger partial charge on any atom is 0.227 e. The monoisotopic (exact) mass is 480 g/mol. The molecule has 35 heavy (non-hydrogen) atoms. The third-order valence-electron chi connectivity index (χ3n) is 6.81. The molecule has 7 heteroatoms. The Morgan fingerprint density at radius 1 is 0.857 bits per heavy atom. The minimum Gasteiger partial charge on any atom is -0.355 e. The molecule has 0 amide bonds. The summed E-state index contributed by atoms with van der Waals surface area (Å²) in [7, 11) is 4.01. The minimum absolute atomic E-state index is 0.725. The molecular formula is C28H28N6S. The van der Waals surface area contributed by atoms with E-state index in [9.17, 15) is 0 Å². The molecule has 0 N–H and O–H groups in total. The molecule has 6 nitrogen and oxygen atoms in total. The van der Waals surface area contributed by atoms with Gasteiger partial charge in [0.1, 0.15) is 10.5 Å². The average molecular weight is 481 g/mol. The second kappa shape index (κ2) is 8.89. The van der Waals surface area contributed by atoms with Crippen LogP contribution in [0.1, 0.15) is 19.8 Å². The Bertz CT molecular complexity index is 1490. The summed E-state index contributed by atoms with van der Waals surface area (Å²) in [5, 5.41) is 10.5. The van der Waals surface area contributed by atoms with Gasteiger partial charge in [0.15, 0.2) is 5.82 Å². The zero-order chi connectivity index (χ0) is 23.9. The number of hydrogen-bond acceptors (Lipinski definition) is 7. The van der Waals surface area contributed by atoms with E-state index in [1.54, 1.807) is 11.3 Å². The Labute approximate surface area is 209 Å². The molecule has 0 unspecified atom stereocenters. The second-order valence-electron chi connectivity index (χ2n) is 9.53. The molecule has 5 aromatic rings. The first-order chi connectivity index (χ1) is 17.1.